The Kier molecular flexibility index (Phi) is 4.22. The fraction of sp³-hybridized carbons (Fsp3) is 0.438. The molecule has 1 aliphatic rings. The van der Waals surface area contributed by atoms with Gasteiger partial charge in [0.2, 0.25) is 0 Å². The molecule has 0 atom stereocenters. The molecule has 1 N–H and O–H groups in total. The zero-order valence-electron chi connectivity index (χ0n) is 12.0. The Morgan fingerprint density at radius 1 is 1.24 bits per heavy atom. The minimum Gasteiger partial charge on any atom is -0.384 e. The van der Waals surface area contributed by atoms with Crippen LogP contribution in [0.15, 0.2) is 29.4 Å². The molecule has 0 radical (unpaired) electrons. The van der Waals surface area contributed by atoms with Crippen LogP contribution in [0.25, 0.3) is 21.3 Å². The summed E-state index contributed by atoms with van der Waals surface area (Å²) in [5.41, 5.74) is 13.2. The molecule has 0 spiro atoms. The van der Waals surface area contributed by atoms with Crippen LogP contribution < -0.4 is 5.32 Å². The largest absolute Gasteiger partial charge is 0.384 e. The van der Waals surface area contributed by atoms with Gasteiger partial charge in [0.1, 0.15) is 0 Å². The molecule has 0 saturated carbocycles. The zero-order valence-corrected chi connectivity index (χ0v) is 12.0. The van der Waals surface area contributed by atoms with Gasteiger partial charge in [0.25, 0.3) is 0 Å². The van der Waals surface area contributed by atoms with E-state index in [9.17, 15) is 0 Å². The number of nitrogens with zero attached hydrogens (tertiary/aromatic N) is 4. The van der Waals surface area contributed by atoms with Gasteiger partial charge >= 0.3 is 0 Å². The predicted molar refractivity (Wildman–Crippen MR) is 85.5 cm³/mol. The van der Waals surface area contributed by atoms with Crippen LogP contribution in [0, 0.1) is 0 Å². The van der Waals surface area contributed by atoms with Gasteiger partial charge < -0.3 is 5.32 Å². The number of para-hydroxylation sites is 1. The molecular formula is C16H19N5. The van der Waals surface area contributed by atoms with E-state index in [1.54, 1.807) is 0 Å². The van der Waals surface area contributed by atoms with Gasteiger partial charge in [-0.25, -0.2) is 0 Å². The average molecular weight is 281 g/mol. The van der Waals surface area contributed by atoms with Gasteiger partial charge in [-0.1, -0.05) is 23.3 Å². The van der Waals surface area contributed by atoms with Gasteiger partial charge in [0, 0.05) is 34.8 Å². The van der Waals surface area contributed by atoms with Gasteiger partial charge in [-0.15, -0.1) is 0 Å². The highest BCUT2D eigenvalue weighted by molar-refractivity contribution is 5.93. The lowest BCUT2D eigenvalue weighted by Crippen LogP contribution is -2.12. The summed E-state index contributed by atoms with van der Waals surface area (Å²) >= 11 is 0. The molecule has 5 nitrogen and oxygen atoms in total. The molecule has 1 aromatic carbocycles. The molecule has 0 aliphatic heterocycles. The number of hydrogen-bond acceptors (Lipinski definition) is 3. The summed E-state index contributed by atoms with van der Waals surface area (Å²) in [7, 11) is 0. The second-order valence-corrected chi connectivity index (χ2v) is 5.37. The van der Waals surface area contributed by atoms with E-state index in [-0.39, 0.29) is 0 Å². The maximum Gasteiger partial charge on any atom is 0.0726 e. The van der Waals surface area contributed by atoms with Crippen LogP contribution in [0.1, 0.15) is 30.5 Å². The van der Waals surface area contributed by atoms with Gasteiger partial charge in [0.05, 0.1) is 5.52 Å². The Morgan fingerprint density at radius 2 is 2.10 bits per heavy atom. The molecule has 0 saturated heterocycles. The summed E-state index contributed by atoms with van der Waals surface area (Å²) in [6.07, 6.45) is 5.49. The second-order valence-electron chi connectivity index (χ2n) is 5.37. The highest BCUT2D eigenvalue weighted by atomic mass is 15.1. The minimum absolute atomic E-state index is 0.536. The topological polar surface area (TPSA) is 73.7 Å². The van der Waals surface area contributed by atoms with Crippen molar-refractivity contribution in [3.63, 3.8) is 0 Å². The van der Waals surface area contributed by atoms with E-state index in [0.29, 0.717) is 6.54 Å². The molecule has 1 aromatic heterocycles. The van der Waals surface area contributed by atoms with E-state index in [1.807, 2.05) is 6.07 Å². The quantitative estimate of drug-likeness (QED) is 0.385. The Hall–Kier alpha value is -2.26. The van der Waals surface area contributed by atoms with Gasteiger partial charge in [-0.2, -0.15) is 0 Å². The van der Waals surface area contributed by atoms with Gasteiger partial charge in [0.15, 0.2) is 0 Å². The van der Waals surface area contributed by atoms with Crippen molar-refractivity contribution in [1.29, 1.82) is 0 Å². The van der Waals surface area contributed by atoms with E-state index in [4.69, 9.17) is 10.5 Å². The molecule has 1 heterocycles. The highest BCUT2D eigenvalue weighted by Gasteiger charge is 2.17. The van der Waals surface area contributed by atoms with Gasteiger partial charge in [-0.05, 0) is 49.3 Å². The summed E-state index contributed by atoms with van der Waals surface area (Å²) in [5, 5.41) is 8.33. The van der Waals surface area contributed by atoms with Crippen LogP contribution in [0.4, 0.5) is 5.69 Å². The molecule has 0 unspecified atom stereocenters. The summed E-state index contributed by atoms with van der Waals surface area (Å²) in [4.78, 5) is 7.62. The lowest BCUT2D eigenvalue weighted by Gasteiger charge is -2.21. The fourth-order valence-electron chi connectivity index (χ4n) is 2.98. The van der Waals surface area contributed by atoms with Crippen LogP contribution in [0.5, 0.6) is 0 Å². The van der Waals surface area contributed by atoms with Crippen LogP contribution in [0.2, 0.25) is 0 Å². The van der Waals surface area contributed by atoms with Crippen LogP contribution >= 0.6 is 0 Å². The molecule has 108 valence electrons. The first-order valence-corrected chi connectivity index (χ1v) is 7.55. The molecule has 21 heavy (non-hydrogen) atoms. The van der Waals surface area contributed by atoms with Crippen molar-refractivity contribution in [3.8, 4) is 0 Å². The zero-order chi connectivity index (χ0) is 14.5. The smallest absolute Gasteiger partial charge is 0.0726 e. The number of aryl methyl sites for hydroxylation is 1. The first-order valence-electron chi connectivity index (χ1n) is 7.55. The number of hydrogen-bond donors (Lipinski definition) is 1. The molecule has 0 amide bonds. The van der Waals surface area contributed by atoms with Crippen molar-refractivity contribution in [1.82, 2.24) is 4.98 Å². The maximum atomic E-state index is 8.31. The second kappa shape index (κ2) is 6.46. The number of fused-ring (bicyclic) bond motifs is 2. The predicted octanol–water partition coefficient (Wildman–Crippen LogP) is 4.23. The number of benzene rings is 1. The third kappa shape index (κ3) is 2.93. The van der Waals surface area contributed by atoms with Crippen molar-refractivity contribution in [2.24, 2.45) is 5.11 Å². The highest BCUT2D eigenvalue weighted by Crippen LogP contribution is 2.33. The lowest BCUT2D eigenvalue weighted by atomic mass is 9.92. The Labute approximate surface area is 124 Å². The van der Waals surface area contributed by atoms with Crippen LogP contribution in [-0.2, 0) is 12.8 Å². The Morgan fingerprint density at radius 3 is 3.00 bits per heavy atom. The number of anilines is 1. The fourth-order valence-corrected chi connectivity index (χ4v) is 2.98. The van der Waals surface area contributed by atoms with Crippen molar-refractivity contribution in [3.05, 3.63) is 46.0 Å². The van der Waals surface area contributed by atoms with Gasteiger partial charge in [-0.3, -0.25) is 4.98 Å². The van der Waals surface area contributed by atoms with E-state index in [2.05, 4.69) is 33.5 Å². The van der Waals surface area contributed by atoms with Crippen molar-refractivity contribution in [2.45, 2.75) is 32.1 Å². The van der Waals surface area contributed by atoms with Crippen LogP contribution in [-0.4, -0.2) is 18.1 Å². The Bertz CT molecular complexity index is 688. The summed E-state index contributed by atoms with van der Waals surface area (Å²) < 4.78 is 0. The number of azide groups is 1. The lowest BCUT2D eigenvalue weighted by molar-refractivity contribution is 0.671. The first kappa shape index (κ1) is 13.7. The molecule has 2 aromatic rings. The number of aromatic nitrogens is 1. The molecule has 0 fully saturated rings. The van der Waals surface area contributed by atoms with E-state index < -0.39 is 0 Å². The number of nitrogens with one attached hydrogen (secondary N) is 1. The SMILES string of the molecule is [N-]=[N+]=NCCCNc1c2c(nc3ccccc13)CCCC2. The normalized spacial score (nSPS) is 13.5. The molecule has 5 heteroatoms. The molecular weight excluding hydrogens is 262 g/mol. The average Bonchev–Trinajstić information content (AvgIpc) is 2.53. The Balaban J connectivity index is 1.92. The molecule has 3 rings (SSSR count). The minimum atomic E-state index is 0.536. The molecule has 1 aliphatic carbocycles. The number of rotatable bonds is 5. The van der Waals surface area contributed by atoms with Crippen molar-refractivity contribution < 1.29 is 0 Å². The van der Waals surface area contributed by atoms with Crippen molar-refractivity contribution >= 4 is 16.6 Å². The summed E-state index contributed by atoms with van der Waals surface area (Å²) in [6, 6.07) is 8.31. The monoisotopic (exact) mass is 281 g/mol. The summed E-state index contributed by atoms with van der Waals surface area (Å²) in [5.74, 6) is 0. The van der Waals surface area contributed by atoms with Crippen molar-refractivity contribution in [2.75, 3.05) is 18.4 Å². The van der Waals surface area contributed by atoms with E-state index in [1.165, 1.54) is 35.2 Å². The van der Waals surface area contributed by atoms with E-state index >= 15 is 0 Å². The van der Waals surface area contributed by atoms with Crippen LogP contribution in [0.3, 0.4) is 0 Å². The first-order chi connectivity index (χ1) is 10.4. The number of pyridine rings is 1. The summed E-state index contributed by atoms with van der Waals surface area (Å²) in [6.45, 7) is 1.36. The maximum absolute atomic E-state index is 8.31. The third-order valence-electron chi connectivity index (χ3n) is 3.97. The van der Waals surface area contributed by atoms with E-state index in [0.717, 1.165) is 31.3 Å². The molecule has 0 bridgehead atoms. The third-order valence-corrected chi connectivity index (χ3v) is 3.97. The standard InChI is InChI=1S/C16H19N5/c17-21-19-11-5-10-18-16-12-6-1-3-8-14(12)20-15-9-4-2-7-13(15)16/h1,3,6,8H,2,4-5,7,9-11H2,(H,18,20).